The van der Waals surface area contributed by atoms with Gasteiger partial charge in [-0.3, -0.25) is 0 Å². The van der Waals surface area contributed by atoms with Crippen molar-refractivity contribution in [3.05, 3.63) is 35.4 Å². The lowest BCUT2D eigenvalue weighted by Gasteiger charge is -2.28. The molecule has 2 unspecified atom stereocenters. The Morgan fingerprint density at radius 1 is 1.40 bits per heavy atom. The minimum atomic E-state index is -4.32. The van der Waals surface area contributed by atoms with Gasteiger partial charge in [0.1, 0.15) is 0 Å². The monoisotopic (exact) mass is 287 g/mol. The quantitative estimate of drug-likeness (QED) is 0.915. The molecule has 1 aliphatic carbocycles. The van der Waals surface area contributed by atoms with Crippen molar-refractivity contribution in [1.82, 2.24) is 0 Å². The SMILES string of the molecule is CC1CCC(CN)(OCc2cccc(C(F)(F)F)c2)C1. The van der Waals surface area contributed by atoms with Crippen LogP contribution in [0.2, 0.25) is 0 Å². The van der Waals surface area contributed by atoms with Gasteiger partial charge in [0, 0.05) is 6.54 Å². The Morgan fingerprint density at radius 3 is 2.70 bits per heavy atom. The third-order valence-corrected chi connectivity index (χ3v) is 3.98. The largest absolute Gasteiger partial charge is 0.416 e. The Balaban J connectivity index is 2.04. The first-order valence-electron chi connectivity index (χ1n) is 6.85. The van der Waals surface area contributed by atoms with Crippen LogP contribution >= 0.6 is 0 Å². The summed E-state index contributed by atoms with van der Waals surface area (Å²) in [5, 5.41) is 0. The van der Waals surface area contributed by atoms with E-state index in [0.29, 0.717) is 18.0 Å². The molecule has 0 spiro atoms. The summed E-state index contributed by atoms with van der Waals surface area (Å²) in [6.45, 7) is 2.73. The predicted octanol–water partition coefficient (Wildman–Crippen LogP) is 3.74. The lowest BCUT2D eigenvalue weighted by atomic mass is 10.0. The highest BCUT2D eigenvalue weighted by Crippen LogP contribution is 2.37. The molecule has 0 amide bonds. The van der Waals surface area contributed by atoms with Gasteiger partial charge in [-0.15, -0.1) is 0 Å². The van der Waals surface area contributed by atoms with Crippen LogP contribution in [-0.4, -0.2) is 12.1 Å². The maximum absolute atomic E-state index is 12.6. The van der Waals surface area contributed by atoms with Crippen LogP contribution in [0.5, 0.6) is 0 Å². The van der Waals surface area contributed by atoms with Crippen LogP contribution in [0.15, 0.2) is 24.3 Å². The normalized spacial score (nSPS) is 26.9. The van der Waals surface area contributed by atoms with E-state index in [0.717, 1.165) is 31.4 Å². The lowest BCUT2D eigenvalue weighted by Crippen LogP contribution is -2.38. The molecular formula is C15H20F3NO. The van der Waals surface area contributed by atoms with Crippen molar-refractivity contribution in [2.45, 2.75) is 44.6 Å². The number of rotatable bonds is 4. The molecule has 20 heavy (non-hydrogen) atoms. The highest BCUT2D eigenvalue weighted by molar-refractivity contribution is 5.25. The molecular weight excluding hydrogens is 267 g/mol. The van der Waals surface area contributed by atoms with E-state index in [1.165, 1.54) is 6.07 Å². The number of halogens is 3. The maximum atomic E-state index is 12.6. The van der Waals surface area contributed by atoms with Crippen molar-refractivity contribution in [2.75, 3.05) is 6.54 Å². The molecule has 2 atom stereocenters. The number of hydrogen-bond donors (Lipinski definition) is 1. The first-order valence-corrected chi connectivity index (χ1v) is 6.85. The molecule has 1 aliphatic rings. The molecule has 1 aromatic carbocycles. The summed E-state index contributed by atoms with van der Waals surface area (Å²) in [7, 11) is 0. The van der Waals surface area contributed by atoms with Gasteiger partial charge < -0.3 is 10.5 Å². The fourth-order valence-electron chi connectivity index (χ4n) is 2.80. The van der Waals surface area contributed by atoms with Crippen LogP contribution in [0.4, 0.5) is 13.2 Å². The standard InChI is InChI=1S/C15H20F3NO/c1-11-5-6-14(8-11,10-19)20-9-12-3-2-4-13(7-12)15(16,17)18/h2-4,7,11H,5-6,8-10,19H2,1H3. The summed E-state index contributed by atoms with van der Waals surface area (Å²) >= 11 is 0. The van der Waals surface area contributed by atoms with Gasteiger partial charge in [0.15, 0.2) is 0 Å². The van der Waals surface area contributed by atoms with Gasteiger partial charge in [0.05, 0.1) is 17.8 Å². The molecule has 0 bridgehead atoms. The first-order chi connectivity index (χ1) is 9.35. The lowest BCUT2D eigenvalue weighted by molar-refractivity contribution is -0.137. The average molecular weight is 287 g/mol. The van der Waals surface area contributed by atoms with Crippen molar-refractivity contribution in [3.63, 3.8) is 0 Å². The Hall–Kier alpha value is -1.07. The second-order valence-corrected chi connectivity index (χ2v) is 5.72. The Labute approximate surface area is 117 Å². The van der Waals surface area contributed by atoms with Crippen LogP contribution in [-0.2, 0) is 17.5 Å². The van der Waals surface area contributed by atoms with Crippen molar-refractivity contribution >= 4 is 0 Å². The molecule has 112 valence electrons. The second-order valence-electron chi connectivity index (χ2n) is 5.72. The summed E-state index contributed by atoms with van der Waals surface area (Å²) in [6.07, 6.45) is -1.50. The predicted molar refractivity (Wildman–Crippen MR) is 71.0 cm³/mol. The molecule has 0 heterocycles. The summed E-state index contributed by atoms with van der Waals surface area (Å²) < 4.78 is 43.8. The Morgan fingerprint density at radius 2 is 2.15 bits per heavy atom. The van der Waals surface area contributed by atoms with Gasteiger partial charge in [-0.1, -0.05) is 19.1 Å². The van der Waals surface area contributed by atoms with E-state index in [4.69, 9.17) is 10.5 Å². The molecule has 0 radical (unpaired) electrons. The molecule has 1 aromatic rings. The summed E-state index contributed by atoms with van der Waals surface area (Å²) in [4.78, 5) is 0. The maximum Gasteiger partial charge on any atom is 0.416 e. The average Bonchev–Trinajstić information content (AvgIpc) is 2.78. The molecule has 2 nitrogen and oxygen atoms in total. The molecule has 2 N–H and O–H groups in total. The van der Waals surface area contributed by atoms with E-state index in [9.17, 15) is 13.2 Å². The van der Waals surface area contributed by atoms with Crippen LogP contribution < -0.4 is 5.73 Å². The van der Waals surface area contributed by atoms with Crippen LogP contribution in [0.3, 0.4) is 0 Å². The minimum Gasteiger partial charge on any atom is -0.369 e. The zero-order valence-corrected chi connectivity index (χ0v) is 11.5. The number of hydrogen-bond acceptors (Lipinski definition) is 2. The zero-order valence-electron chi connectivity index (χ0n) is 11.5. The minimum absolute atomic E-state index is 0.174. The summed E-state index contributed by atoms with van der Waals surface area (Å²) in [5.41, 5.74) is 5.32. The summed E-state index contributed by atoms with van der Waals surface area (Å²) in [6, 6.07) is 5.27. The molecule has 5 heteroatoms. The van der Waals surface area contributed by atoms with Crippen molar-refractivity contribution in [3.8, 4) is 0 Å². The van der Waals surface area contributed by atoms with Crippen molar-refractivity contribution < 1.29 is 17.9 Å². The Bertz CT molecular complexity index is 461. The van der Waals surface area contributed by atoms with Gasteiger partial charge in [-0.25, -0.2) is 0 Å². The topological polar surface area (TPSA) is 35.2 Å². The Kier molecular flexibility index (Phi) is 4.39. The summed E-state index contributed by atoms with van der Waals surface area (Å²) in [5.74, 6) is 0.556. The molecule has 1 saturated carbocycles. The van der Waals surface area contributed by atoms with E-state index in [2.05, 4.69) is 6.92 Å². The van der Waals surface area contributed by atoms with Crippen LogP contribution in [0, 0.1) is 5.92 Å². The van der Waals surface area contributed by atoms with Gasteiger partial charge in [-0.2, -0.15) is 13.2 Å². The van der Waals surface area contributed by atoms with Crippen LogP contribution in [0.25, 0.3) is 0 Å². The van der Waals surface area contributed by atoms with E-state index in [1.807, 2.05) is 0 Å². The zero-order chi connectivity index (χ0) is 14.8. The van der Waals surface area contributed by atoms with Gasteiger partial charge in [0.25, 0.3) is 0 Å². The van der Waals surface area contributed by atoms with E-state index in [1.54, 1.807) is 6.07 Å². The van der Waals surface area contributed by atoms with E-state index in [-0.39, 0.29) is 12.2 Å². The highest BCUT2D eigenvalue weighted by atomic mass is 19.4. The third-order valence-electron chi connectivity index (χ3n) is 3.98. The number of ether oxygens (including phenoxy) is 1. The van der Waals surface area contributed by atoms with E-state index >= 15 is 0 Å². The smallest absolute Gasteiger partial charge is 0.369 e. The third kappa shape index (κ3) is 3.52. The molecule has 0 saturated heterocycles. The van der Waals surface area contributed by atoms with Crippen molar-refractivity contribution in [1.29, 1.82) is 0 Å². The fraction of sp³-hybridized carbons (Fsp3) is 0.600. The van der Waals surface area contributed by atoms with Gasteiger partial charge >= 0.3 is 6.18 Å². The fourth-order valence-corrected chi connectivity index (χ4v) is 2.80. The highest BCUT2D eigenvalue weighted by Gasteiger charge is 2.37. The molecule has 2 rings (SSSR count). The van der Waals surface area contributed by atoms with Crippen LogP contribution in [0.1, 0.15) is 37.3 Å². The van der Waals surface area contributed by atoms with E-state index < -0.39 is 11.7 Å². The van der Waals surface area contributed by atoms with Crippen molar-refractivity contribution in [2.24, 2.45) is 11.7 Å². The number of nitrogens with two attached hydrogens (primary N) is 1. The molecule has 0 aromatic heterocycles. The van der Waals surface area contributed by atoms with Gasteiger partial charge in [0.2, 0.25) is 0 Å². The second kappa shape index (κ2) is 5.74. The number of alkyl halides is 3. The number of benzene rings is 1. The van der Waals surface area contributed by atoms with Gasteiger partial charge in [-0.05, 0) is 42.9 Å². The molecule has 1 fully saturated rings. The molecule has 0 aliphatic heterocycles. The first kappa shape index (κ1) is 15.3.